The first-order chi connectivity index (χ1) is 21.4. The molecule has 9 rings (SSSR count). The van der Waals surface area contributed by atoms with Gasteiger partial charge in [-0.05, 0) is 108 Å². The molecule has 0 bridgehead atoms. The molecular formula is C42H39N. The summed E-state index contributed by atoms with van der Waals surface area (Å²) in [6.45, 7) is 0. The van der Waals surface area contributed by atoms with Crippen LogP contribution in [0, 0.1) is 41.4 Å². The predicted octanol–water partition coefficient (Wildman–Crippen LogP) is 10.0. The molecule has 8 aliphatic rings. The molecule has 212 valence electrons. The first kappa shape index (κ1) is 25.4. The lowest BCUT2D eigenvalue weighted by molar-refractivity contribution is 0.238. The molecule has 7 unspecified atom stereocenters. The van der Waals surface area contributed by atoms with Crippen LogP contribution < -0.4 is 4.90 Å². The smallest absolute Gasteiger partial charge is 0.0458 e. The molecule has 0 amide bonds. The largest absolute Gasteiger partial charge is 0.314 e. The number of para-hydroxylation sites is 1. The zero-order valence-electron chi connectivity index (χ0n) is 24.7. The molecule has 0 spiro atoms. The van der Waals surface area contributed by atoms with E-state index in [-0.39, 0.29) is 0 Å². The van der Waals surface area contributed by atoms with Gasteiger partial charge in [0.15, 0.2) is 0 Å². The number of rotatable bonds is 3. The van der Waals surface area contributed by atoms with E-state index in [1.807, 2.05) is 0 Å². The first-order valence-corrected chi connectivity index (χ1v) is 16.5. The summed E-state index contributed by atoms with van der Waals surface area (Å²) in [5.74, 6) is 3.77. The Bertz CT molecular complexity index is 1720. The molecule has 1 aromatic carbocycles. The maximum absolute atomic E-state index is 2.61. The molecular weight excluding hydrogens is 518 g/mol. The van der Waals surface area contributed by atoms with Crippen LogP contribution in [0.3, 0.4) is 0 Å². The van der Waals surface area contributed by atoms with Gasteiger partial charge in [-0.3, -0.25) is 0 Å². The lowest BCUT2D eigenvalue weighted by Crippen LogP contribution is -2.37. The first-order valence-electron chi connectivity index (χ1n) is 16.5. The lowest BCUT2D eigenvalue weighted by atomic mass is 9.57. The van der Waals surface area contributed by atoms with Gasteiger partial charge < -0.3 is 4.90 Å². The molecule has 0 N–H and O–H groups in total. The molecule has 0 fully saturated rings. The molecule has 1 heteroatoms. The maximum Gasteiger partial charge on any atom is 0.0458 e. The standard InChI is InChI=1S/C42H39N/c1-3-14-29(15-4-1)40-33-19-9-11-21-35(33)41(36-22-12-10-20-34(36)40)30-23-25-37-39(27-30)43(31-16-5-2-6-17-31)38-26-24-28-13-7-8-18-32(28)42(37)38/h1-7,9-14,16-17,19,21-24,26-29,32-34,37,40H,8,15,18,20,25H2. The Morgan fingerprint density at radius 3 is 2.56 bits per heavy atom. The average Bonchev–Trinajstić information content (AvgIpc) is 3.42. The predicted molar refractivity (Wildman–Crippen MR) is 179 cm³/mol. The molecule has 1 heterocycles. The summed E-state index contributed by atoms with van der Waals surface area (Å²) in [5, 5.41) is 0. The minimum absolute atomic E-state index is 0.449. The lowest BCUT2D eigenvalue weighted by Gasteiger charge is -2.46. The van der Waals surface area contributed by atoms with Crippen molar-refractivity contribution >= 4 is 5.69 Å². The summed E-state index contributed by atoms with van der Waals surface area (Å²) in [6.07, 6.45) is 46.8. The van der Waals surface area contributed by atoms with E-state index in [0.29, 0.717) is 41.4 Å². The van der Waals surface area contributed by atoms with Gasteiger partial charge in [0.1, 0.15) is 0 Å². The Balaban J connectivity index is 1.18. The van der Waals surface area contributed by atoms with Gasteiger partial charge in [-0.1, -0.05) is 109 Å². The highest BCUT2D eigenvalue weighted by molar-refractivity contribution is 5.73. The van der Waals surface area contributed by atoms with Gasteiger partial charge in [0.25, 0.3) is 0 Å². The highest BCUT2D eigenvalue weighted by Gasteiger charge is 2.46. The number of fused-ring (bicyclic) bond motifs is 6. The van der Waals surface area contributed by atoms with Crippen LogP contribution >= 0.6 is 0 Å². The number of hydrogen-bond acceptors (Lipinski definition) is 1. The Kier molecular flexibility index (Phi) is 6.06. The molecule has 0 saturated heterocycles. The van der Waals surface area contributed by atoms with Crippen LogP contribution in [0.4, 0.5) is 5.69 Å². The van der Waals surface area contributed by atoms with Gasteiger partial charge in [-0.15, -0.1) is 0 Å². The Labute approximate surface area is 256 Å². The topological polar surface area (TPSA) is 3.24 Å². The second kappa shape index (κ2) is 10.3. The average molecular weight is 558 g/mol. The van der Waals surface area contributed by atoms with Crippen LogP contribution in [0.25, 0.3) is 0 Å². The number of hydrogen-bond donors (Lipinski definition) is 0. The van der Waals surface area contributed by atoms with Crippen molar-refractivity contribution in [2.45, 2.75) is 32.1 Å². The van der Waals surface area contributed by atoms with Crippen LogP contribution in [-0.2, 0) is 0 Å². The minimum Gasteiger partial charge on any atom is -0.314 e. The van der Waals surface area contributed by atoms with Crippen molar-refractivity contribution in [2.75, 3.05) is 4.90 Å². The minimum atomic E-state index is 0.449. The summed E-state index contributed by atoms with van der Waals surface area (Å²) < 4.78 is 0. The fraction of sp³-hybridized carbons (Fsp3) is 0.286. The molecule has 0 radical (unpaired) electrons. The molecule has 0 saturated carbocycles. The van der Waals surface area contributed by atoms with Crippen molar-refractivity contribution in [3.8, 4) is 0 Å². The van der Waals surface area contributed by atoms with E-state index >= 15 is 0 Å². The zero-order chi connectivity index (χ0) is 28.3. The van der Waals surface area contributed by atoms with Gasteiger partial charge in [0.05, 0.1) is 0 Å². The van der Waals surface area contributed by atoms with Gasteiger partial charge in [-0.25, -0.2) is 0 Å². The normalized spacial score (nSPS) is 34.7. The van der Waals surface area contributed by atoms with Gasteiger partial charge in [0.2, 0.25) is 0 Å². The molecule has 7 aliphatic carbocycles. The van der Waals surface area contributed by atoms with Crippen LogP contribution in [0.1, 0.15) is 32.1 Å². The van der Waals surface area contributed by atoms with E-state index in [1.165, 1.54) is 46.6 Å². The van der Waals surface area contributed by atoms with Crippen LogP contribution in [0.2, 0.25) is 0 Å². The van der Waals surface area contributed by atoms with Crippen molar-refractivity contribution in [1.82, 2.24) is 0 Å². The molecule has 43 heavy (non-hydrogen) atoms. The Hall–Kier alpha value is -4.10. The fourth-order valence-corrected chi connectivity index (χ4v) is 9.54. The quantitative estimate of drug-likeness (QED) is 0.334. The third-order valence-electron chi connectivity index (χ3n) is 11.3. The van der Waals surface area contributed by atoms with Gasteiger partial charge in [0, 0.05) is 34.8 Å². The van der Waals surface area contributed by atoms with E-state index in [4.69, 9.17) is 0 Å². The molecule has 0 aromatic heterocycles. The highest BCUT2D eigenvalue weighted by atomic mass is 15.2. The number of nitrogens with zero attached hydrogens (tertiary/aromatic N) is 1. The maximum atomic E-state index is 2.61. The summed E-state index contributed by atoms with van der Waals surface area (Å²) >= 11 is 0. The summed E-state index contributed by atoms with van der Waals surface area (Å²) in [5.41, 5.74) is 11.9. The number of anilines is 1. The number of benzene rings is 1. The van der Waals surface area contributed by atoms with Crippen LogP contribution in [-0.4, -0.2) is 0 Å². The van der Waals surface area contributed by atoms with Crippen molar-refractivity contribution in [2.24, 2.45) is 41.4 Å². The van der Waals surface area contributed by atoms with E-state index in [0.717, 1.165) is 19.3 Å². The Morgan fingerprint density at radius 1 is 0.744 bits per heavy atom. The number of allylic oxidation sites excluding steroid dienone is 22. The van der Waals surface area contributed by atoms with E-state index in [1.54, 1.807) is 11.1 Å². The van der Waals surface area contributed by atoms with E-state index < -0.39 is 0 Å². The van der Waals surface area contributed by atoms with Gasteiger partial charge >= 0.3 is 0 Å². The SMILES string of the molecule is C1=CCC(C2C3C=CC=CC3=C(C3=CCC4C(=C3)N(c3ccccc3)C3=C4C4CCC=CC4C=C3)C3=CC=CCC32)C=C1. The van der Waals surface area contributed by atoms with Crippen molar-refractivity contribution in [1.29, 1.82) is 0 Å². The fourth-order valence-electron chi connectivity index (χ4n) is 9.54. The van der Waals surface area contributed by atoms with Crippen LogP contribution in [0.5, 0.6) is 0 Å². The third kappa shape index (κ3) is 3.97. The summed E-state index contributed by atoms with van der Waals surface area (Å²) in [7, 11) is 0. The second-order valence-corrected chi connectivity index (χ2v) is 13.4. The highest BCUT2D eigenvalue weighted by Crippen LogP contribution is 2.57. The van der Waals surface area contributed by atoms with Gasteiger partial charge in [-0.2, -0.15) is 0 Å². The Morgan fingerprint density at radius 2 is 1.65 bits per heavy atom. The zero-order valence-corrected chi connectivity index (χ0v) is 24.7. The van der Waals surface area contributed by atoms with E-state index in [9.17, 15) is 0 Å². The second-order valence-electron chi connectivity index (χ2n) is 13.4. The third-order valence-corrected chi connectivity index (χ3v) is 11.3. The van der Waals surface area contributed by atoms with Crippen molar-refractivity contribution < 1.29 is 0 Å². The van der Waals surface area contributed by atoms with Crippen molar-refractivity contribution in [3.63, 3.8) is 0 Å². The monoisotopic (exact) mass is 557 g/mol. The summed E-state index contributed by atoms with van der Waals surface area (Å²) in [4.78, 5) is 2.61. The van der Waals surface area contributed by atoms with Crippen LogP contribution in [0.15, 0.2) is 173 Å². The summed E-state index contributed by atoms with van der Waals surface area (Å²) in [6, 6.07) is 11.1. The molecule has 1 aliphatic heterocycles. The molecule has 1 nitrogen and oxygen atoms in total. The molecule has 1 aromatic rings. The molecule has 7 atom stereocenters. The van der Waals surface area contributed by atoms with Crippen molar-refractivity contribution in [3.05, 3.63) is 173 Å². The van der Waals surface area contributed by atoms with E-state index in [2.05, 4.69) is 139 Å².